The highest BCUT2D eigenvalue weighted by molar-refractivity contribution is 5.59. The Balaban J connectivity index is 2.40. The van der Waals surface area contributed by atoms with Crippen LogP contribution in [0, 0.1) is 20.8 Å². The van der Waals surface area contributed by atoms with Crippen LogP contribution in [-0.2, 0) is 0 Å². The van der Waals surface area contributed by atoms with Crippen LogP contribution in [0.4, 0.5) is 11.6 Å². The second-order valence-electron chi connectivity index (χ2n) is 4.38. The highest BCUT2D eigenvalue weighted by atomic mass is 16.1. The molecular weight excluding hydrogens is 228 g/mol. The van der Waals surface area contributed by atoms with E-state index in [1.807, 2.05) is 26.0 Å². The number of aryl methyl sites for hydroxylation is 3. The number of aromatic nitrogens is 2. The Kier molecular flexibility index (Phi) is 3.06. The summed E-state index contributed by atoms with van der Waals surface area (Å²) in [4.78, 5) is 15.8. The van der Waals surface area contributed by atoms with E-state index in [1.54, 1.807) is 6.92 Å². The standard InChI is InChI=1S/C13H16N4O/c1-8-4-5-11(9(2)6-8)16-13-15-7-10(3)12(18)17(13)14/h4-7H,14H2,1-3H3,(H,15,16). The van der Waals surface area contributed by atoms with Crippen molar-refractivity contribution in [2.75, 3.05) is 11.2 Å². The fourth-order valence-electron chi connectivity index (χ4n) is 1.73. The van der Waals surface area contributed by atoms with Crippen molar-refractivity contribution in [2.24, 2.45) is 0 Å². The van der Waals surface area contributed by atoms with E-state index in [4.69, 9.17) is 5.84 Å². The maximum atomic E-state index is 11.7. The third-order valence-electron chi connectivity index (χ3n) is 2.79. The summed E-state index contributed by atoms with van der Waals surface area (Å²) in [5.41, 5.74) is 3.40. The molecule has 0 aliphatic heterocycles. The van der Waals surface area contributed by atoms with Crippen LogP contribution in [-0.4, -0.2) is 9.66 Å². The molecule has 0 atom stereocenters. The van der Waals surface area contributed by atoms with Gasteiger partial charge in [-0.1, -0.05) is 17.7 Å². The molecule has 0 saturated heterocycles. The van der Waals surface area contributed by atoms with Crippen molar-refractivity contribution in [3.05, 3.63) is 51.4 Å². The zero-order valence-corrected chi connectivity index (χ0v) is 10.7. The van der Waals surface area contributed by atoms with E-state index in [0.717, 1.165) is 15.9 Å². The number of benzene rings is 1. The Morgan fingerprint density at radius 1 is 1.22 bits per heavy atom. The number of nitrogens with one attached hydrogen (secondary N) is 1. The van der Waals surface area contributed by atoms with Gasteiger partial charge in [0.25, 0.3) is 5.56 Å². The maximum absolute atomic E-state index is 11.7. The molecule has 2 aromatic rings. The Morgan fingerprint density at radius 3 is 2.61 bits per heavy atom. The highest BCUT2D eigenvalue weighted by Gasteiger charge is 2.06. The van der Waals surface area contributed by atoms with Crippen LogP contribution in [0.3, 0.4) is 0 Å². The van der Waals surface area contributed by atoms with Crippen molar-refractivity contribution in [2.45, 2.75) is 20.8 Å². The van der Waals surface area contributed by atoms with Crippen molar-refractivity contribution in [3.8, 4) is 0 Å². The molecule has 0 unspecified atom stereocenters. The van der Waals surface area contributed by atoms with Gasteiger partial charge in [-0.25, -0.2) is 4.98 Å². The maximum Gasteiger partial charge on any atom is 0.276 e. The van der Waals surface area contributed by atoms with Crippen LogP contribution in [0.2, 0.25) is 0 Å². The van der Waals surface area contributed by atoms with Crippen molar-refractivity contribution in [3.63, 3.8) is 0 Å². The van der Waals surface area contributed by atoms with E-state index in [1.165, 1.54) is 11.8 Å². The molecule has 0 spiro atoms. The van der Waals surface area contributed by atoms with E-state index < -0.39 is 0 Å². The number of hydrogen-bond acceptors (Lipinski definition) is 4. The number of hydrogen-bond donors (Lipinski definition) is 2. The number of nitrogens with zero attached hydrogens (tertiary/aromatic N) is 2. The number of nitrogens with two attached hydrogens (primary N) is 1. The molecule has 0 aliphatic carbocycles. The molecule has 0 aliphatic rings. The SMILES string of the molecule is Cc1ccc(Nc2ncc(C)c(=O)n2N)c(C)c1. The number of anilines is 2. The van der Waals surface area contributed by atoms with Gasteiger partial charge in [0.1, 0.15) is 0 Å². The first-order chi connectivity index (χ1) is 8.49. The van der Waals surface area contributed by atoms with Gasteiger partial charge in [0, 0.05) is 17.4 Å². The van der Waals surface area contributed by atoms with E-state index in [2.05, 4.69) is 16.4 Å². The van der Waals surface area contributed by atoms with E-state index in [0.29, 0.717) is 11.5 Å². The van der Waals surface area contributed by atoms with Gasteiger partial charge in [0.2, 0.25) is 5.95 Å². The van der Waals surface area contributed by atoms with Crippen molar-refractivity contribution in [1.29, 1.82) is 0 Å². The zero-order chi connectivity index (χ0) is 13.3. The average Bonchev–Trinajstić information content (AvgIpc) is 2.33. The average molecular weight is 244 g/mol. The molecule has 94 valence electrons. The van der Waals surface area contributed by atoms with Crippen molar-refractivity contribution < 1.29 is 0 Å². The van der Waals surface area contributed by atoms with Crippen LogP contribution >= 0.6 is 0 Å². The molecule has 18 heavy (non-hydrogen) atoms. The van der Waals surface area contributed by atoms with Crippen LogP contribution < -0.4 is 16.7 Å². The van der Waals surface area contributed by atoms with Gasteiger partial charge in [-0.3, -0.25) is 4.79 Å². The van der Waals surface area contributed by atoms with Gasteiger partial charge in [0.15, 0.2) is 0 Å². The first-order valence-electron chi connectivity index (χ1n) is 5.67. The largest absolute Gasteiger partial charge is 0.333 e. The Labute approximate surface area is 105 Å². The van der Waals surface area contributed by atoms with Crippen LogP contribution in [0.25, 0.3) is 0 Å². The van der Waals surface area contributed by atoms with Gasteiger partial charge in [0.05, 0.1) is 0 Å². The van der Waals surface area contributed by atoms with Gasteiger partial charge in [-0.2, -0.15) is 4.68 Å². The summed E-state index contributed by atoms with van der Waals surface area (Å²) < 4.78 is 1.02. The lowest BCUT2D eigenvalue weighted by Gasteiger charge is -2.12. The van der Waals surface area contributed by atoms with Gasteiger partial charge in [-0.05, 0) is 32.4 Å². The predicted molar refractivity (Wildman–Crippen MR) is 72.6 cm³/mol. The minimum Gasteiger partial charge on any atom is -0.333 e. The van der Waals surface area contributed by atoms with Gasteiger partial charge >= 0.3 is 0 Å². The monoisotopic (exact) mass is 244 g/mol. The summed E-state index contributed by atoms with van der Waals surface area (Å²) in [5.74, 6) is 6.02. The summed E-state index contributed by atoms with van der Waals surface area (Å²) >= 11 is 0. The molecule has 2 rings (SSSR count). The zero-order valence-electron chi connectivity index (χ0n) is 10.7. The molecule has 1 aromatic heterocycles. The van der Waals surface area contributed by atoms with Crippen LogP contribution in [0.1, 0.15) is 16.7 Å². The molecule has 5 heteroatoms. The Bertz CT molecular complexity index is 646. The lowest BCUT2D eigenvalue weighted by Crippen LogP contribution is -2.31. The summed E-state index contributed by atoms with van der Waals surface area (Å²) in [5, 5.41) is 3.06. The minimum absolute atomic E-state index is 0.253. The first-order valence-corrected chi connectivity index (χ1v) is 5.67. The third-order valence-corrected chi connectivity index (χ3v) is 2.79. The lowest BCUT2D eigenvalue weighted by atomic mass is 10.1. The molecule has 0 saturated carbocycles. The molecule has 1 heterocycles. The summed E-state index contributed by atoms with van der Waals surface area (Å²) in [6, 6.07) is 5.98. The summed E-state index contributed by atoms with van der Waals surface area (Å²) in [6.45, 7) is 5.70. The van der Waals surface area contributed by atoms with Crippen LogP contribution in [0.15, 0.2) is 29.2 Å². The van der Waals surface area contributed by atoms with E-state index >= 15 is 0 Å². The number of rotatable bonds is 2. The molecule has 0 amide bonds. The van der Waals surface area contributed by atoms with E-state index in [9.17, 15) is 4.79 Å². The Hall–Kier alpha value is -2.30. The molecule has 0 fully saturated rings. The van der Waals surface area contributed by atoms with E-state index in [-0.39, 0.29) is 5.56 Å². The quantitative estimate of drug-likeness (QED) is 0.787. The van der Waals surface area contributed by atoms with Gasteiger partial charge < -0.3 is 11.2 Å². The molecule has 0 bridgehead atoms. The van der Waals surface area contributed by atoms with Crippen molar-refractivity contribution >= 4 is 11.6 Å². The molecule has 1 aromatic carbocycles. The van der Waals surface area contributed by atoms with Crippen molar-refractivity contribution in [1.82, 2.24) is 9.66 Å². The molecule has 0 radical (unpaired) electrons. The van der Waals surface area contributed by atoms with Gasteiger partial charge in [-0.15, -0.1) is 0 Å². The topological polar surface area (TPSA) is 72.9 Å². The second kappa shape index (κ2) is 4.52. The van der Waals surface area contributed by atoms with Crippen LogP contribution in [0.5, 0.6) is 0 Å². The third kappa shape index (κ3) is 2.20. The second-order valence-corrected chi connectivity index (χ2v) is 4.38. The smallest absolute Gasteiger partial charge is 0.276 e. The normalized spacial score (nSPS) is 10.4. The molecular formula is C13H16N4O. The lowest BCUT2D eigenvalue weighted by molar-refractivity contribution is 0.886. The fraction of sp³-hybridized carbons (Fsp3) is 0.231. The first kappa shape index (κ1) is 12.2. The number of nitrogen functional groups attached to an aromatic ring is 1. The Morgan fingerprint density at radius 2 is 1.94 bits per heavy atom. The predicted octanol–water partition coefficient (Wildman–Crippen LogP) is 1.63. The molecule has 5 nitrogen and oxygen atoms in total. The molecule has 3 N–H and O–H groups in total. The fourth-order valence-corrected chi connectivity index (χ4v) is 1.73. The summed E-state index contributed by atoms with van der Waals surface area (Å²) in [7, 11) is 0. The minimum atomic E-state index is -0.253. The summed E-state index contributed by atoms with van der Waals surface area (Å²) in [6.07, 6.45) is 1.51. The highest BCUT2D eigenvalue weighted by Crippen LogP contribution is 2.19.